The lowest BCUT2D eigenvalue weighted by atomic mass is 10.2. The fraction of sp³-hybridized carbons (Fsp3) is 0.583. The van der Waals surface area contributed by atoms with E-state index in [0.29, 0.717) is 29.8 Å². The Morgan fingerprint density at radius 2 is 2.11 bits per heavy atom. The topological polar surface area (TPSA) is 82.3 Å². The molecule has 0 radical (unpaired) electrons. The average Bonchev–Trinajstić information content (AvgIpc) is 2.27. The normalized spacial score (nSPS) is 11.8. The maximum absolute atomic E-state index is 11.0. The van der Waals surface area contributed by atoms with Crippen LogP contribution in [0, 0.1) is 5.92 Å². The molecule has 0 unspecified atom stereocenters. The molecule has 1 aromatic rings. The molecule has 0 atom stereocenters. The Balaban J connectivity index is 2.62. The van der Waals surface area contributed by atoms with Crippen molar-refractivity contribution in [3.63, 3.8) is 0 Å². The predicted molar refractivity (Wildman–Crippen MR) is 79.4 cm³/mol. The highest BCUT2D eigenvalue weighted by atomic mass is 32.2. The molecule has 0 aromatic carbocycles. The number of anilines is 1. The van der Waals surface area contributed by atoms with Crippen LogP contribution in [0.3, 0.4) is 0 Å². The molecular weight excluding hydrogens is 284 g/mol. The lowest BCUT2D eigenvalue weighted by Crippen LogP contribution is -2.08. The molecule has 1 aromatic heterocycles. The van der Waals surface area contributed by atoms with Gasteiger partial charge in [-0.2, -0.15) is 0 Å². The average molecular weight is 304 g/mol. The van der Waals surface area contributed by atoms with Gasteiger partial charge in [0.15, 0.2) is 0 Å². The number of rotatable bonds is 7. The standard InChI is InChI=1S/C12H20N2O3S2/c1-9(2)8-17-12-10(13)4-5-11(14-12)18-6-7-19(3,15)16/h4-5,9H,6-8,13H2,1-3H3. The molecule has 0 saturated heterocycles. The van der Waals surface area contributed by atoms with E-state index >= 15 is 0 Å². The predicted octanol–water partition coefficient (Wildman–Crippen LogP) is 1.84. The van der Waals surface area contributed by atoms with Crippen LogP contribution in [0.15, 0.2) is 17.2 Å². The molecule has 19 heavy (non-hydrogen) atoms. The van der Waals surface area contributed by atoms with E-state index < -0.39 is 9.84 Å². The van der Waals surface area contributed by atoms with Crippen molar-refractivity contribution >= 4 is 27.3 Å². The van der Waals surface area contributed by atoms with E-state index in [0.717, 1.165) is 5.03 Å². The van der Waals surface area contributed by atoms with E-state index in [1.165, 1.54) is 18.0 Å². The summed E-state index contributed by atoms with van der Waals surface area (Å²) in [4.78, 5) is 4.28. The van der Waals surface area contributed by atoms with Gasteiger partial charge in [0.05, 0.1) is 18.0 Å². The van der Waals surface area contributed by atoms with Crippen LogP contribution in [0.4, 0.5) is 5.69 Å². The Morgan fingerprint density at radius 1 is 1.42 bits per heavy atom. The van der Waals surface area contributed by atoms with E-state index in [1.54, 1.807) is 12.1 Å². The first-order valence-electron chi connectivity index (χ1n) is 5.98. The van der Waals surface area contributed by atoms with Gasteiger partial charge in [-0.05, 0) is 18.1 Å². The van der Waals surface area contributed by atoms with E-state index in [4.69, 9.17) is 10.5 Å². The second-order valence-corrected chi connectivity index (χ2v) is 8.10. The molecule has 108 valence electrons. The van der Waals surface area contributed by atoms with E-state index in [-0.39, 0.29) is 5.75 Å². The summed E-state index contributed by atoms with van der Waals surface area (Å²) in [5.74, 6) is 1.41. The SMILES string of the molecule is CC(C)COc1nc(SCCS(C)(=O)=O)ccc1N. The first kappa shape index (κ1) is 16.1. The van der Waals surface area contributed by atoms with Gasteiger partial charge in [0.25, 0.3) is 0 Å². The van der Waals surface area contributed by atoms with E-state index in [1.807, 2.05) is 13.8 Å². The minimum Gasteiger partial charge on any atom is -0.476 e. The van der Waals surface area contributed by atoms with Gasteiger partial charge < -0.3 is 10.5 Å². The molecular formula is C12H20N2O3S2. The number of nitrogens with zero attached hydrogens (tertiary/aromatic N) is 1. The van der Waals surface area contributed by atoms with Gasteiger partial charge in [0.2, 0.25) is 5.88 Å². The van der Waals surface area contributed by atoms with Gasteiger partial charge in [0, 0.05) is 12.0 Å². The first-order chi connectivity index (χ1) is 8.78. The van der Waals surface area contributed by atoms with Crippen molar-refractivity contribution in [2.24, 2.45) is 5.92 Å². The van der Waals surface area contributed by atoms with E-state index in [9.17, 15) is 8.42 Å². The second-order valence-electron chi connectivity index (χ2n) is 4.73. The zero-order valence-corrected chi connectivity index (χ0v) is 13.1. The fourth-order valence-electron chi connectivity index (χ4n) is 1.17. The highest BCUT2D eigenvalue weighted by Crippen LogP contribution is 2.24. The zero-order valence-electron chi connectivity index (χ0n) is 11.4. The molecule has 1 heterocycles. The van der Waals surface area contributed by atoms with Crippen molar-refractivity contribution in [2.75, 3.05) is 30.1 Å². The number of hydrogen-bond acceptors (Lipinski definition) is 6. The van der Waals surface area contributed by atoms with Gasteiger partial charge in [-0.1, -0.05) is 13.8 Å². The maximum atomic E-state index is 11.0. The summed E-state index contributed by atoms with van der Waals surface area (Å²) in [6.07, 6.45) is 1.22. The number of hydrogen-bond donors (Lipinski definition) is 1. The Kier molecular flexibility index (Phi) is 5.93. The van der Waals surface area contributed by atoms with Crippen LogP contribution >= 0.6 is 11.8 Å². The van der Waals surface area contributed by atoms with Crippen LogP contribution < -0.4 is 10.5 Å². The zero-order chi connectivity index (χ0) is 14.5. The van der Waals surface area contributed by atoms with Crippen molar-refractivity contribution in [3.8, 4) is 5.88 Å². The van der Waals surface area contributed by atoms with Crippen molar-refractivity contribution in [1.82, 2.24) is 4.98 Å². The summed E-state index contributed by atoms with van der Waals surface area (Å²) < 4.78 is 27.6. The number of sulfone groups is 1. The molecule has 0 amide bonds. The van der Waals surface area contributed by atoms with Crippen LogP contribution in [0.1, 0.15) is 13.8 Å². The number of nitrogen functional groups attached to an aromatic ring is 1. The molecule has 5 nitrogen and oxygen atoms in total. The van der Waals surface area contributed by atoms with Crippen LogP contribution in [0.5, 0.6) is 5.88 Å². The third kappa shape index (κ3) is 6.68. The fourth-order valence-corrected chi connectivity index (χ4v) is 3.24. The highest BCUT2D eigenvalue weighted by Gasteiger charge is 2.08. The Labute approximate surface area is 118 Å². The first-order valence-corrected chi connectivity index (χ1v) is 9.02. The lowest BCUT2D eigenvalue weighted by molar-refractivity contribution is 0.261. The molecule has 0 saturated carbocycles. The molecule has 2 N–H and O–H groups in total. The summed E-state index contributed by atoms with van der Waals surface area (Å²) in [6.45, 7) is 4.64. The van der Waals surface area contributed by atoms with Gasteiger partial charge in [-0.25, -0.2) is 13.4 Å². The molecule has 0 spiro atoms. The quantitative estimate of drug-likeness (QED) is 0.774. The Hall–Kier alpha value is -0.950. The number of pyridine rings is 1. The van der Waals surface area contributed by atoms with Gasteiger partial charge >= 0.3 is 0 Å². The Morgan fingerprint density at radius 3 is 2.68 bits per heavy atom. The van der Waals surface area contributed by atoms with Crippen LogP contribution in [0.25, 0.3) is 0 Å². The van der Waals surface area contributed by atoms with Crippen LogP contribution in [-0.4, -0.2) is 37.8 Å². The van der Waals surface area contributed by atoms with Crippen molar-refractivity contribution in [2.45, 2.75) is 18.9 Å². The van der Waals surface area contributed by atoms with Crippen molar-refractivity contribution in [3.05, 3.63) is 12.1 Å². The summed E-state index contributed by atoms with van der Waals surface area (Å²) in [7, 11) is -2.94. The number of ether oxygens (including phenoxy) is 1. The third-order valence-corrected chi connectivity index (χ3v) is 4.26. The molecule has 1 rings (SSSR count). The maximum Gasteiger partial charge on any atom is 0.238 e. The van der Waals surface area contributed by atoms with Gasteiger partial charge in [0.1, 0.15) is 14.9 Å². The molecule has 0 aliphatic rings. The third-order valence-electron chi connectivity index (χ3n) is 2.12. The van der Waals surface area contributed by atoms with Gasteiger partial charge in [-0.3, -0.25) is 0 Å². The highest BCUT2D eigenvalue weighted by molar-refractivity contribution is 8.00. The minimum absolute atomic E-state index is 0.131. The minimum atomic E-state index is -2.94. The monoisotopic (exact) mass is 304 g/mol. The molecule has 0 aliphatic heterocycles. The van der Waals surface area contributed by atoms with Gasteiger partial charge in [-0.15, -0.1) is 11.8 Å². The van der Waals surface area contributed by atoms with Crippen molar-refractivity contribution in [1.29, 1.82) is 0 Å². The molecule has 0 fully saturated rings. The van der Waals surface area contributed by atoms with Crippen LogP contribution in [0.2, 0.25) is 0 Å². The smallest absolute Gasteiger partial charge is 0.238 e. The number of aromatic nitrogens is 1. The molecule has 0 aliphatic carbocycles. The van der Waals surface area contributed by atoms with E-state index in [2.05, 4.69) is 4.98 Å². The second kappa shape index (κ2) is 7.00. The molecule has 7 heteroatoms. The Bertz CT molecular complexity index is 516. The summed E-state index contributed by atoms with van der Waals surface area (Å²) >= 11 is 1.38. The summed E-state index contributed by atoms with van der Waals surface area (Å²) in [6, 6.07) is 3.50. The number of nitrogens with two attached hydrogens (primary N) is 1. The lowest BCUT2D eigenvalue weighted by Gasteiger charge is -2.11. The number of thioether (sulfide) groups is 1. The summed E-state index contributed by atoms with van der Waals surface area (Å²) in [5, 5.41) is 0.719. The van der Waals surface area contributed by atoms with Crippen LogP contribution in [-0.2, 0) is 9.84 Å². The van der Waals surface area contributed by atoms with Crippen molar-refractivity contribution < 1.29 is 13.2 Å². The molecule has 0 bridgehead atoms. The summed E-state index contributed by atoms with van der Waals surface area (Å²) in [5.41, 5.74) is 6.27. The largest absolute Gasteiger partial charge is 0.476 e.